The lowest BCUT2D eigenvalue weighted by atomic mass is 10.0. The van der Waals surface area contributed by atoms with Crippen molar-refractivity contribution in [3.05, 3.63) is 52.2 Å². The molecular formula is C18H14Cl2N4OS. The third kappa shape index (κ3) is 3.08. The van der Waals surface area contributed by atoms with Crippen molar-refractivity contribution in [1.82, 2.24) is 9.97 Å². The maximum Gasteiger partial charge on any atom is 0.228 e. The highest BCUT2D eigenvalue weighted by Gasteiger charge is 2.27. The van der Waals surface area contributed by atoms with Gasteiger partial charge in [-0.2, -0.15) is 0 Å². The van der Waals surface area contributed by atoms with E-state index in [1.54, 1.807) is 36.0 Å². The molecule has 0 spiro atoms. The van der Waals surface area contributed by atoms with Crippen molar-refractivity contribution in [1.29, 1.82) is 0 Å². The summed E-state index contributed by atoms with van der Waals surface area (Å²) in [6.07, 6.45) is 3.39. The molecule has 0 atom stereocenters. The van der Waals surface area contributed by atoms with Gasteiger partial charge in [0.05, 0.1) is 47.9 Å². The van der Waals surface area contributed by atoms with Gasteiger partial charge in [-0.15, -0.1) is 11.3 Å². The second-order valence-corrected chi connectivity index (χ2v) is 7.60. The Kier molecular flexibility index (Phi) is 4.88. The van der Waals surface area contributed by atoms with Crippen molar-refractivity contribution >= 4 is 45.2 Å². The molecule has 0 aliphatic carbocycles. The number of H-pyrrole nitrogens is 1. The minimum atomic E-state index is 0.523. The highest BCUT2D eigenvalue weighted by Crippen LogP contribution is 2.53. The van der Waals surface area contributed by atoms with Crippen molar-refractivity contribution in [3.63, 3.8) is 0 Å². The number of aromatic nitrogens is 2. The Labute approximate surface area is 165 Å². The highest BCUT2D eigenvalue weighted by molar-refractivity contribution is 7.21. The molecule has 3 heterocycles. The average molecular weight is 405 g/mol. The third-order valence-electron chi connectivity index (χ3n) is 4.22. The number of ether oxygens (including phenoxy) is 1. The molecule has 8 heteroatoms. The number of hydrogen-bond donors (Lipinski definition) is 1. The summed E-state index contributed by atoms with van der Waals surface area (Å²) in [5.74, 6) is 0. The van der Waals surface area contributed by atoms with Crippen molar-refractivity contribution in [3.8, 4) is 21.7 Å². The number of aromatic amines is 1. The second-order valence-electron chi connectivity index (χ2n) is 5.76. The van der Waals surface area contributed by atoms with E-state index in [0.29, 0.717) is 28.9 Å². The van der Waals surface area contributed by atoms with Crippen LogP contribution in [-0.2, 0) is 4.74 Å². The van der Waals surface area contributed by atoms with Crippen LogP contribution in [0.5, 0.6) is 0 Å². The maximum absolute atomic E-state index is 7.82. The van der Waals surface area contributed by atoms with Crippen LogP contribution in [0.3, 0.4) is 0 Å². The molecule has 1 aliphatic rings. The van der Waals surface area contributed by atoms with E-state index in [1.165, 1.54) is 0 Å². The van der Waals surface area contributed by atoms with Crippen LogP contribution >= 0.6 is 34.5 Å². The number of halogens is 2. The number of anilines is 1. The van der Waals surface area contributed by atoms with Gasteiger partial charge in [-0.25, -0.2) is 9.83 Å². The van der Waals surface area contributed by atoms with E-state index in [-0.39, 0.29) is 0 Å². The third-order valence-corrected chi connectivity index (χ3v) is 6.04. The summed E-state index contributed by atoms with van der Waals surface area (Å²) in [7, 11) is 0. The Balaban J connectivity index is 1.95. The van der Waals surface area contributed by atoms with Gasteiger partial charge in [0, 0.05) is 28.7 Å². The smallest absolute Gasteiger partial charge is 0.228 e. The predicted molar refractivity (Wildman–Crippen MR) is 107 cm³/mol. The summed E-state index contributed by atoms with van der Waals surface area (Å²) in [5, 5.41) is 2.03. The largest absolute Gasteiger partial charge is 0.378 e. The van der Waals surface area contributed by atoms with E-state index in [9.17, 15) is 0 Å². The first-order valence-electron chi connectivity index (χ1n) is 8.00. The molecule has 1 fully saturated rings. The number of rotatable bonds is 3. The minimum Gasteiger partial charge on any atom is -0.378 e. The number of nitrogens with one attached hydrogen (secondary N) is 1. The van der Waals surface area contributed by atoms with E-state index in [2.05, 4.69) is 19.7 Å². The molecule has 132 valence electrons. The zero-order valence-corrected chi connectivity index (χ0v) is 16.0. The lowest BCUT2D eigenvalue weighted by molar-refractivity contribution is 0.123. The number of nitrogens with zero attached hydrogens (tertiary/aromatic N) is 3. The fourth-order valence-corrected chi connectivity index (χ4v) is 4.79. The van der Waals surface area contributed by atoms with E-state index < -0.39 is 0 Å². The van der Waals surface area contributed by atoms with Crippen LogP contribution in [0, 0.1) is 6.57 Å². The molecule has 4 rings (SSSR count). The van der Waals surface area contributed by atoms with Gasteiger partial charge < -0.3 is 14.6 Å². The monoisotopic (exact) mass is 404 g/mol. The van der Waals surface area contributed by atoms with Gasteiger partial charge in [0.2, 0.25) is 5.69 Å². The predicted octanol–water partition coefficient (Wildman–Crippen LogP) is 5.50. The fraction of sp³-hybridized carbons (Fsp3) is 0.222. The number of benzene rings is 1. The summed E-state index contributed by atoms with van der Waals surface area (Å²) in [6, 6.07) is 5.36. The van der Waals surface area contributed by atoms with Crippen LogP contribution in [0.15, 0.2) is 30.7 Å². The topological polar surface area (TPSA) is 45.5 Å². The van der Waals surface area contributed by atoms with Gasteiger partial charge >= 0.3 is 0 Å². The zero-order valence-electron chi connectivity index (χ0n) is 13.6. The van der Waals surface area contributed by atoms with Gasteiger partial charge in [-0.05, 0) is 17.7 Å². The van der Waals surface area contributed by atoms with Gasteiger partial charge in [-0.3, -0.25) is 0 Å². The summed E-state index contributed by atoms with van der Waals surface area (Å²) >= 11 is 14.1. The van der Waals surface area contributed by atoms with Gasteiger partial charge in [0.1, 0.15) is 0 Å². The fourth-order valence-electron chi connectivity index (χ4n) is 3.01. The first-order valence-corrected chi connectivity index (χ1v) is 9.57. The first-order chi connectivity index (χ1) is 12.7. The Morgan fingerprint density at radius 1 is 1.27 bits per heavy atom. The van der Waals surface area contributed by atoms with Crippen LogP contribution in [0.2, 0.25) is 10.0 Å². The van der Waals surface area contributed by atoms with Crippen molar-refractivity contribution in [2.45, 2.75) is 0 Å². The minimum absolute atomic E-state index is 0.523. The summed E-state index contributed by atoms with van der Waals surface area (Å²) in [4.78, 5) is 14.3. The molecule has 0 bridgehead atoms. The standard InChI is InChI=1S/C18H14Cl2N4OS/c1-21-16-15(12-3-2-11(19)8-13(12)20)17(14-9-22-10-23-14)26-18(16)24-4-6-25-7-5-24/h2-3,8-10H,4-7H2,(H,22,23). The van der Waals surface area contributed by atoms with E-state index in [1.807, 2.05) is 6.07 Å². The van der Waals surface area contributed by atoms with Gasteiger partial charge in [0.15, 0.2) is 0 Å². The van der Waals surface area contributed by atoms with Crippen LogP contribution in [0.25, 0.3) is 26.5 Å². The molecule has 0 saturated carbocycles. The van der Waals surface area contributed by atoms with Crippen LogP contribution in [0.4, 0.5) is 10.7 Å². The zero-order chi connectivity index (χ0) is 18.1. The molecular weight excluding hydrogens is 391 g/mol. The molecule has 1 aliphatic heterocycles. The quantitative estimate of drug-likeness (QED) is 0.586. The maximum atomic E-state index is 7.82. The highest BCUT2D eigenvalue weighted by atomic mass is 35.5. The lowest BCUT2D eigenvalue weighted by Crippen LogP contribution is -2.35. The molecule has 0 amide bonds. The van der Waals surface area contributed by atoms with E-state index in [0.717, 1.165) is 39.8 Å². The van der Waals surface area contributed by atoms with Crippen molar-refractivity contribution in [2.75, 3.05) is 31.2 Å². The Morgan fingerprint density at radius 2 is 2.08 bits per heavy atom. The molecule has 5 nitrogen and oxygen atoms in total. The molecule has 2 aromatic heterocycles. The summed E-state index contributed by atoms with van der Waals surface area (Å²) in [6.45, 7) is 10.7. The molecule has 26 heavy (non-hydrogen) atoms. The lowest BCUT2D eigenvalue weighted by Gasteiger charge is -2.28. The first kappa shape index (κ1) is 17.4. The Hall–Kier alpha value is -2.04. The number of hydrogen-bond acceptors (Lipinski definition) is 4. The van der Waals surface area contributed by atoms with Crippen LogP contribution < -0.4 is 4.90 Å². The molecule has 0 radical (unpaired) electrons. The normalized spacial score (nSPS) is 14.4. The van der Waals surface area contributed by atoms with Crippen molar-refractivity contribution in [2.24, 2.45) is 0 Å². The molecule has 1 saturated heterocycles. The number of imidazole rings is 1. The second kappa shape index (κ2) is 7.29. The molecule has 1 N–H and O–H groups in total. The number of morpholine rings is 1. The SMILES string of the molecule is [C-]#[N+]c1c(N2CCOCC2)sc(-c2cnc[nH]2)c1-c1ccc(Cl)cc1Cl. The molecule has 3 aromatic rings. The number of thiophene rings is 1. The van der Waals surface area contributed by atoms with E-state index >= 15 is 0 Å². The molecule has 1 aromatic carbocycles. The molecule has 0 unspecified atom stereocenters. The van der Waals surface area contributed by atoms with E-state index in [4.69, 9.17) is 34.5 Å². The van der Waals surface area contributed by atoms with Crippen LogP contribution in [-0.4, -0.2) is 36.3 Å². The summed E-state index contributed by atoms with van der Waals surface area (Å²) < 4.78 is 5.45. The Morgan fingerprint density at radius 3 is 2.73 bits per heavy atom. The summed E-state index contributed by atoms with van der Waals surface area (Å²) in [5.41, 5.74) is 3.07. The van der Waals surface area contributed by atoms with Crippen LogP contribution in [0.1, 0.15) is 0 Å². The average Bonchev–Trinajstić information content (AvgIpc) is 3.30. The Bertz CT molecular complexity index is 972. The van der Waals surface area contributed by atoms with Gasteiger partial charge in [0.25, 0.3) is 0 Å². The van der Waals surface area contributed by atoms with Gasteiger partial charge in [-0.1, -0.05) is 29.3 Å². The van der Waals surface area contributed by atoms with Crippen molar-refractivity contribution < 1.29 is 4.74 Å².